The smallest absolute Gasteiger partial charge is 0.378 e. The Morgan fingerprint density at radius 2 is 1.83 bits per heavy atom. The molecule has 3 N–H and O–H groups in total. The zero-order chi connectivity index (χ0) is 21.1. The van der Waals surface area contributed by atoms with Gasteiger partial charge in [0, 0.05) is 21.6 Å². The summed E-state index contributed by atoms with van der Waals surface area (Å²) in [6, 6.07) is 11.3. The van der Waals surface area contributed by atoms with Crippen LogP contribution in [0.2, 0.25) is 0 Å². The van der Waals surface area contributed by atoms with Crippen molar-refractivity contribution in [2.45, 2.75) is 32.1 Å². The summed E-state index contributed by atoms with van der Waals surface area (Å²) < 4.78 is 5.65. The van der Waals surface area contributed by atoms with Crippen LogP contribution in [0.15, 0.2) is 40.9 Å². The van der Waals surface area contributed by atoms with Crippen molar-refractivity contribution in [1.29, 1.82) is 0 Å². The van der Waals surface area contributed by atoms with Gasteiger partial charge in [-0.15, -0.1) is 0 Å². The van der Waals surface area contributed by atoms with Gasteiger partial charge in [0.15, 0.2) is 23.0 Å². The summed E-state index contributed by atoms with van der Waals surface area (Å²) in [7, 11) is 0. The molecular weight excluding hydrogens is 563 g/mol. The normalized spacial score (nSPS) is 14.5. The average molecular weight is 583 g/mol. The third kappa shape index (κ3) is 4.77. The van der Waals surface area contributed by atoms with E-state index in [1.54, 1.807) is 12.1 Å². The van der Waals surface area contributed by atoms with Gasteiger partial charge in [0.25, 0.3) is 0 Å². The Morgan fingerprint density at radius 3 is 2.53 bits per heavy atom. The fourth-order valence-corrected chi connectivity index (χ4v) is 4.14. The first-order valence-electron chi connectivity index (χ1n) is 9.73. The molecule has 1 fully saturated rings. The molecule has 0 spiro atoms. The van der Waals surface area contributed by atoms with E-state index >= 15 is 0 Å². The number of nitrogens with one attached hydrogen (secondary N) is 3. The number of nitrogens with zero attached hydrogens (tertiary/aromatic N) is 1. The lowest BCUT2D eigenvalue weighted by Gasteiger charge is -2.21. The zero-order valence-electron chi connectivity index (χ0n) is 16.0. The van der Waals surface area contributed by atoms with Crippen molar-refractivity contribution in [3.05, 3.63) is 40.9 Å². The van der Waals surface area contributed by atoms with Gasteiger partial charge >= 0.3 is 6.09 Å². The van der Waals surface area contributed by atoms with Crippen LogP contribution in [-0.2, 0) is 7.86 Å². The summed E-state index contributed by atoms with van der Waals surface area (Å²) >= 11 is 4.96. The number of carbonyl (C=O) groups is 2. The molecule has 30 heavy (non-hydrogen) atoms. The van der Waals surface area contributed by atoms with Crippen LogP contribution in [0.3, 0.4) is 0 Å². The molecule has 4 rings (SSSR count). The molecule has 3 aromatic rings. The minimum absolute atomic E-state index is 0.00203. The fraction of sp³-hybridized carbons (Fsp3) is 0.286. The molecule has 2 aromatic carbocycles. The Balaban J connectivity index is 1.71. The second-order valence-corrected chi connectivity index (χ2v) is 8.68. The minimum atomic E-state index is -0.591. The number of aromatic nitrogens is 2. The van der Waals surface area contributed by atoms with E-state index in [1.807, 2.05) is 24.3 Å². The van der Waals surface area contributed by atoms with E-state index in [2.05, 4.69) is 34.6 Å². The summed E-state index contributed by atoms with van der Waals surface area (Å²) in [4.78, 5) is 32.6. The van der Waals surface area contributed by atoms with Gasteiger partial charge in [0.05, 0.1) is 11.2 Å². The van der Waals surface area contributed by atoms with Crippen molar-refractivity contribution in [3.8, 4) is 11.4 Å². The molecule has 0 unspecified atom stereocenters. The van der Waals surface area contributed by atoms with Crippen LogP contribution in [0.5, 0.6) is 0 Å². The number of halogens is 2. The van der Waals surface area contributed by atoms with Gasteiger partial charge in [-0.25, -0.2) is 9.78 Å². The molecule has 2 amide bonds. The van der Waals surface area contributed by atoms with Crippen LogP contribution in [-0.4, -0.2) is 22.0 Å². The quantitative estimate of drug-likeness (QED) is 0.310. The Morgan fingerprint density at radius 1 is 1.10 bits per heavy atom. The lowest BCUT2D eigenvalue weighted by Crippen LogP contribution is -2.25. The van der Waals surface area contributed by atoms with Crippen LogP contribution in [0.25, 0.3) is 22.4 Å². The monoisotopic (exact) mass is 582 g/mol. The number of benzene rings is 2. The van der Waals surface area contributed by atoms with Crippen molar-refractivity contribution in [2.24, 2.45) is 5.92 Å². The summed E-state index contributed by atoms with van der Waals surface area (Å²) in [6.07, 6.45) is 4.55. The molecule has 156 valence electrons. The molecule has 1 saturated carbocycles. The highest BCUT2D eigenvalue weighted by atomic mass is 127. The van der Waals surface area contributed by atoms with Crippen molar-refractivity contribution < 1.29 is 12.7 Å². The Bertz CT molecular complexity index is 1080. The lowest BCUT2D eigenvalue weighted by atomic mass is 9.88. The van der Waals surface area contributed by atoms with Crippen LogP contribution in [0.1, 0.15) is 32.1 Å². The second kappa shape index (κ2) is 9.34. The van der Waals surface area contributed by atoms with E-state index in [0.29, 0.717) is 28.2 Å². The molecule has 1 aliphatic carbocycles. The average Bonchev–Trinajstić information content (AvgIpc) is 3.19. The van der Waals surface area contributed by atoms with E-state index in [9.17, 15) is 9.59 Å². The van der Waals surface area contributed by atoms with E-state index < -0.39 is 6.09 Å². The second-order valence-electron chi connectivity index (χ2n) is 7.33. The maximum absolute atomic E-state index is 12.8. The molecule has 7 nitrogen and oxygen atoms in total. The van der Waals surface area contributed by atoms with Crippen molar-refractivity contribution in [3.63, 3.8) is 0 Å². The summed E-state index contributed by atoms with van der Waals surface area (Å²) in [5.74, 6) is 0.687. The predicted octanol–water partition coefficient (Wildman–Crippen LogP) is 6.41. The number of amides is 2. The van der Waals surface area contributed by atoms with E-state index in [0.717, 1.165) is 35.7 Å². The van der Waals surface area contributed by atoms with Crippen LogP contribution in [0.4, 0.5) is 16.2 Å². The van der Waals surface area contributed by atoms with Gasteiger partial charge in [-0.2, -0.15) is 0 Å². The molecule has 0 aliphatic heterocycles. The number of anilines is 2. The first kappa shape index (κ1) is 21.1. The highest BCUT2D eigenvalue weighted by Crippen LogP contribution is 2.32. The lowest BCUT2D eigenvalue weighted by molar-refractivity contribution is -0.120. The number of hydrogen-bond acceptors (Lipinski definition) is 4. The van der Waals surface area contributed by atoms with E-state index in [1.165, 1.54) is 29.4 Å². The first-order valence-corrected chi connectivity index (χ1v) is 11.4. The highest BCUT2D eigenvalue weighted by Gasteiger charge is 2.23. The predicted molar refractivity (Wildman–Crippen MR) is 129 cm³/mol. The summed E-state index contributed by atoms with van der Waals surface area (Å²) in [6.45, 7) is 0. The van der Waals surface area contributed by atoms with Crippen LogP contribution < -0.4 is 10.6 Å². The number of hydrogen-bond donors (Lipinski definition) is 3. The fourth-order valence-electron chi connectivity index (χ4n) is 3.77. The molecule has 0 bridgehead atoms. The Labute approximate surface area is 196 Å². The number of fused-ring (bicyclic) bond motifs is 1. The van der Waals surface area contributed by atoms with Crippen LogP contribution >= 0.6 is 38.9 Å². The number of carbonyl (C=O) groups excluding carboxylic acids is 2. The molecular formula is C21H20BrIN4O3. The van der Waals surface area contributed by atoms with Crippen molar-refractivity contribution >= 4 is 73.3 Å². The molecule has 0 saturated heterocycles. The summed E-state index contributed by atoms with van der Waals surface area (Å²) in [5, 5.41) is 5.70. The molecule has 0 radical (unpaired) electrons. The van der Waals surface area contributed by atoms with Gasteiger partial charge in [-0.1, -0.05) is 47.3 Å². The standard InChI is InChI=1S/C21H20BrIN4O3/c22-14-8-6-12(7-9-14)19-25-16-10-15(24-21(29)30-23)11-17(18(16)27-19)26-20(28)13-4-2-1-3-5-13/h6-11,13H,1-5H2,(H,24,29)(H,25,27)(H,26,28). The SMILES string of the molecule is O=C(Nc1cc(NC(=O)C2CCCCC2)c2nc(-c3ccc(Br)cc3)[nH]c2c1)OI. The van der Waals surface area contributed by atoms with Crippen LogP contribution in [0, 0.1) is 5.92 Å². The van der Waals surface area contributed by atoms with Gasteiger partial charge in [-0.05, 0) is 37.1 Å². The first-order chi connectivity index (χ1) is 14.5. The van der Waals surface area contributed by atoms with E-state index in [4.69, 9.17) is 4.98 Å². The van der Waals surface area contributed by atoms with Crippen molar-refractivity contribution in [1.82, 2.24) is 9.97 Å². The number of imidazole rings is 1. The number of aromatic amines is 1. The molecule has 1 aromatic heterocycles. The molecule has 9 heteroatoms. The zero-order valence-corrected chi connectivity index (χ0v) is 19.7. The number of rotatable bonds is 4. The largest absolute Gasteiger partial charge is 0.421 e. The molecule has 1 aliphatic rings. The van der Waals surface area contributed by atoms with E-state index in [-0.39, 0.29) is 11.8 Å². The maximum Gasteiger partial charge on any atom is 0.421 e. The van der Waals surface area contributed by atoms with Gasteiger partial charge in [0.1, 0.15) is 11.3 Å². The summed E-state index contributed by atoms with van der Waals surface area (Å²) in [5.41, 5.74) is 3.34. The topological polar surface area (TPSA) is 96.1 Å². The van der Waals surface area contributed by atoms with Crippen molar-refractivity contribution in [2.75, 3.05) is 10.6 Å². The Kier molecular flexibility index (Phi) is 6.57. The number of H-pyrrole nitrogens is 1. The minimum Gasteiger partial charge on any atom is -0.378 e. The van der Waals surface area contributed by atoms with Gasteiger partial charge < -0.3 is 13.4 Å². The molecule has 0 atom stereocenters. The highest BCUT2D eigenvalue weighted by molar-refractivity contribution is 14.1. The third-order valence-electron chi connectivity index (χ3n) is 5.25. The van der Waals surface area contributed by atoms with Gasteiger partial charge in [0.2, 0.25) is 5.91 Å². The van der Waals surface area contributed by atoms with Gasteiger partial charge in [-0.3, -0.25) is 10.1 Å². The maximum atomic E-state index is 12.8. The molecule has 1 heterocycles. The third-order valence-corrected chi connectivity index (χ3v) is 6.18. The Hall–Kier alpha value is -2.14.